The van der Waals surface area contributed by atoms with Gasteiger partial charge in [-0.3, -0.25) is 0 Å². The van der Waals surface area contributed by atoms with Crippen molar-refractivity contribution in [1.82, 2.24) is 14.8 Å². The highest BCUT2D eigenvalue weighted by Crippen LogP contribution is 2.35. The molecular formula is C24H29N3O4. The zero-order valence-electron chi connectivity index (χ0n) is 18.1. The molecule has 7 nitrogen and oxygen atoms in total. The van der Waals surface area contributed by atoms with E-state index in [1.807, 2.05) is 35.9 Å². The molecule has 0 spiro atoms. The van der Waals surface area contributed by atoms with Gasteiger partial charge in [-0.15, -0.1) is 0 Å². The molecular weight excluding hydrogens is 394 g/mol. The first kappa shape index (κ1) is 20.3. The Balaban J connectivity index is 1.63. The van der Waals surface area contributed by atoms with E-state index in [1.54, 1.807) is 0 Å². The van der Waals surface area contributed by atoms with Crippen LogP contribution in [0.5, 0.6) is 11.6 Å². The van der Waals surface area contributed by atoms with Crippen LogP contribution in [0.1, 0.15) is 45.8 Å². The van der Waals surface area contributed by atoms with Crippen LogP contribution in [0.15, 0.2) is 36.4 Å². The number of ether oxygens (including phenoxy) is 4. The van der Waals surface area contributed by atoms with Crippen molar-refractivity contribution in [1.29, 1.82) is 0 Å². The third kappa shape index (κ3) is 4.38. The summed E-state index contributed by atoms with van der Waals surface area (Å²) in [5.74, 6) is 1.39. The second-order valence-corrected chi connectivity index (χ2v) is 8.37. The largest absolute Gasteiger partial charge is 0.491 e. The molecule has 0 amide bonds. The number of rotatable bonds is 1. The fourth-order valence-electron chi connectivity index (χ4n) is 4.16. The van der Waals surface area contributed by atoms with E-state index in [9.17, 15) is 0 Å². The number of benzene rings is 1. The summed E-state index contributed by atoms with van der Waals surface area (Å²) in [4.78, 5) is 4.75. The van der Waals surface area contributed by atoms with Gasteiger partial charge in [-0.05, 0) is 57.4 Å². The molecule has 1 saturated heterocycles. The molecule has 1 unspecified atom stereocenters. The van der Waals surface area contributed by atoms with Crippen molar-refractivity contribution < 1.29 is 18.9 Å². The van der Waals surface area contributed by atoms with Crippen LogP contribution in [0.3, 0.4) is 0 Å². The summed E-state index contributed by atoms with van der Waals surface area (Å²) in [5.41, 5.74) is 2.60. The van der Waals surface area contributed by atoms with Crippen molar-refractivity contribution in [2.75, 3.05) is 19.8 Å². The Labute approximate surface area is 182 Å². The lowest BCUT2D eigenvalue weighted by Crippen LogP contribution is -2.22. The van der Waals surface area contributed by atoms with Gasteiger partial charge in [0, 0.05) is 24.5 Å². The monoisotopic (exact) mass is 423 g/mol. The van der Waals surface area contributed by atoms with Gasteiger partial charge in [0.2, 0.25) is 5.88 Å². The van der Waals surface area contributed by atoms with Crippen molar-refractivity contribution in [3.8, 4) is 23.0 Å². The smallest absolute Gasteiger partial charge is 0.214 e. The van der Waals surface area contributed by atoms with Crippen LogP contribution in [0.25, 0.3) is 22.3 Å². The van der Waals surface area contributed by atoms with Crippen molar-refractivity contribution in [3.63, 3.8) is 0 Å². The quantitative estimate of drug-likeness (QED) is 0.563. The zero-order chi connectivity index (χ0) is 21.2. The number of nitrogens with zero attached hydrogens (tertiary/aromatic N) is 3. The Hall–Kier alpha value is -2.64. The highest BCUT2D eigenvalue weighted by Gasteiger charge is 2.23. The molecule has 1 aromatic carbocycles. The van der Waals surface area contributed by atoms with E-state index in [2.05, 4.69) is 19.1 Å². The van der Waals surface area contributed by atoms with Gasteiger partial charge < -0.3 is 18.9 Å². The number of hydrogen-bond donors (Lipinski definition) is 0. The molecule has 0 saturated carbocycles. The first-order valence-electron chi connectivity index (χ1n) is 11.2. The molecule has 31 heavy (non-hydrogen) atoms. The van der Waals surface area contributed by atoms with Crippen LogP contribution >= 0.6 is 0 Å². The average molecular weight is 424 g/mol. The summed E-state index contributed by atoms with van der Waals surface area (Å²) in [7, 11) is 0. The maximum absolute atomic E-state index is 6.19. The summed E-state index contributed by atoms with van der Waals surface area (Å²) in [6.07, 6.45) is 3.88. The molecule has 2 aliphatic heterocycles. The molecule has 4 bridgehead atoms. The standard InChI is InChI=1S/C24H29N3O4/c1-16-11-13-28-15-17(2)31-22-7-5-6-20(25-22)24-19-14-18(30-16)9-10-21(19)27(26-24)23-8-3-4-12-29-23/h5-7,9-10,14,16-17,23H,3-4,8,11-13,15H2,1-2H3/t16-,17+,23?/m0/s1. The Morgan fingerprint density at radius 3 is 2.77 bits per heavy atom. The van der Waals surface area contributed by atoms with E-state index in [0.717, 1.165) is 60.3 Å². The highest BCUT2D eigenvalue weighted by atomic mass is 16.5. The number of pyridine rings is 1. The molecule has 2 aromatic heterocycles. The van der Waals surface area contributed by atoms with Gasteiger partial charge >= 0.3 is 0 Å². The lowest BCUT2D eigenvalue weighted by Gasteiger charge is -2.23. The van der Waals surface area contributed by atoms with Crippen molar-refractivity contribution in [2.24, 2.45) is 0 Å². The lowest BCUT2D eigenvalue weighted by molar-refractivity contribution is -0.0365. The van der Waals surface area contributed by atoms with E-state index in [-0.39, 0.29) is 18.4 Å². The van der Waals surface area contributed by atoms with Crippen LogP contribution in [-0.4, -0.2) is 46.8 Å². The lowest BCUT2D eigenvalue weighted by atomic mass is 10.1. The minimum atomic E-state index is -0.0987. The van der Waals surface area contributed by atoms with Gasteiger partial charge in [0.25, 0.3) is 0 Å². The van der Waals surface area contributed by atoms with Gasteiger partial charge in [-0.1, -0.05) is 6.07 Å². The van der Waals surface area contributed by atoms with Crippen LogP contribution in [0.2, 0.25) is 0 Å². The van der Waals surface area contributed by atoms with Crippen molar-refractivity contribution >= 4 is 10.9 Å². The van der Waals surface area contributed by atoms with Crippen LogP contribution in [-0.2, 0) is 9.47 Å². The SMILES string of the molecule is C[C@@H]1COCC[C@H](C)Oc2ccc3c(c2)c(nn3C2CCCCO2)-c2cccc(n2)O1. The molecule has 2 aliphatic rings. The normalized spacial score (nSPS) is 24.8. The minimum Gasteiger partial charge on any atom is -0.491 e. The van der Waals surface area contributed by atoms with E-state index < -0.39 is 0 Å². The number of fused-ring (bicyclic) bond motifs is 4. The molecule has 7 heteroatoms. The summed E-state index contributed by atoms with van der Waals surface area (Å²) in [6.45, 7) is 5.94. The number of hydrogen-bond acceptors (Lipinski definition) is 6. The molecule has 0 N–H and O–H groups in total. The van der Waals surface area contributed by atoms with E-state index in [0.29, 0.717) is 19.1 Å². The van der Waals surface area contributed by atoms with Gasteiger partial charge in [0.05, 0.1) is 30.5 Å². The summed E-state index contributed by atoms with van der Waals surface area (Å²) >= 11 is 0. The second kappa shape index (κ2) is 8.85. The van der Waals surface area contributed by atoms with E-state index in [1.165, 1.54) is 0 Å². The van der Waals surface area contributed by atoms with Gasteiger partial charge in [0.15, 0.2) is 6.23 Å². The summed E-state index contributed by atoms with van der Waals surface area (Å²) in [6, 6.07) is 11.9. The first-order chi connectivity index (χ1) is 15.2. The zero-order valence-corrected chi connectivity index (χ0v) is 18.1. The predicted octanol–water partition coefficient (Wildman–Crippen LogP) is 4.75. The molecule has 3 aromatic rings. The first-order valence-corrected chi connectivity index (χ1v) is 11.2. The Morgan fingerprint density at radius 1 is 0.968 bits per heavy atom. The Bertz CT molecular complexity index is 1040. The van der Waals surface area contributed by atoms with E-state index >= 15 is 0 Å². The maximum Gasteiger partial charge on any atom is 0.214 e. The van der Waals surface area contributed by atoms with Crippen molar-refractivity contribution in [3.05, 3.63) is 36.4 Å². The molecule has 4 heterocycles. The van der Waals surface area contributed by atoms with Crippen LogP contribution in [0, 0.1) is 0 Å². The topological polar surface area (TPSA) is 67.6 Å². The average Bonchev–Trinajstić information content (AvgIpc) is 3.16. The second-order valence-electron chi connectivity index (χ2n) is 8.37. The third-order valence-electron chi connectivity index (χ3n) is 5.75. The predicted molar refractivity (Wildman–Crippen MR) is 117 cm³/mol. The highest BCUT2D eigenvalue weighted by molar-refractivity contribution is 5.93. The van der Waals surface area contributed by atoms with Gasteiger partial charge in [0.1, 0.15) is 17.5 Å². The molecule has 0 radical (unpaired) electrons. The van der Waals surface area contributed by atoms with E-state index in [4.69, 9.17) is 29.0 Å². The molecule has 0 aliphatic carbocycles. The third-order valence-corrected chi connectivity index (χ3v) is 5.75. The van der Waals surface area contributed by atoms with Crippen molar-refractivity contribution in [2.45, 2.75) is 58.0 Å². The maximum atomic E-state index is 6.19. The van der Waals surface area contributed by atoms with Crippen LogP contribution < -0.4 is 9.47 Å². The molecule has 164 valence electrons. The fourth-order valence-corrected chi connectivity index (χ4v) is 4.16. The summed E-state index contributed by atoms with van der Waals surface area (Å²) in [5, 5.41) is 5.97. The molecule has 3 atom stereocenters. The van der Waals surface area contributed by atoms with Gasteiger partial charge in [-0.2, -0.15) is 5.10 Å². The van der Waals surface area contributed by atoms with Crippen LogP contribution in [0.4, 0.5) is 0 Å². The van der Waals surface area contributed by atoms with Gasteiger partial charge in [-0.25, -0.2) is 9.67 Å². The molecule has 1 fully saturated rings. The Kier molecular flexibility index (Phi) is 5.78. The number of aromatic nitrogens is 3. The molecule has 5 rings (SSSR count). The minimum absolute atomic E-state index is 0.0400. The fraction of sp³-hybridized carbons (Fsp3) is 0.500. The summed E-state index contributed by atoms with van der Waals surface area (Å²) < 4.78 is 26.0. The Morgan fingerprint density at radius 2 is 1.90 bits per heavy atom.